The molecule has 0 heterocycles. The molecule has 4 aliphatic carbocycles. The summed E-state index contributed by atoms with van der Waals surface area (Å²) in [5.41, 5.74) is 15.6. The minimum atomic E-state index is -0.306. The van der Waals surface area contributed by atoms with E-state index in [-0.39, 0.29) is 17.5 Å². The van der Waals surface area contributed by atoms with E-state index < -0.39 is 0 Å². The van der Waals surface area contributed by atoms with Crippen molar-refractivity contribution in [3.63, 3.8) is 0 Å². The van der Waals surface area contributed by atoms with Crippen molar-refractivity contribution in [2.24, 2.45) is 46.3 Å². The third-order valence-corrected chi connectivity index (χ3v) is 11.7. The van der Waals surface area contributed by atoms with Crippen LogP contribution >= 0.6 is 0 Å². The van der Waals surface area contributed by atoms with Gasteiger partial charge in [-0.15, -0.1) is 0 Å². The molecule has 4 aliphatic rings. The summed E-state index contributed by atoms with van der Waals surface area (Å²) in [6.45, 7) is 12.5. The number of anilines is 2. The third kappa shape index (κ3) is 5.02. The minimum absolute atomic E-state index is 0.0579. The number of fused-ring (bicyclic) bond motifs is 5. The van der Waals surface area contributed by atoms with Gasteiger partial charge < -0.3 is 16.2 Å². The number of hydrogen-bond donors (Lipinski definition) is 2. The van der Waals surface area contributed by atoms with Crippen LogP contribution in [0.1, 0.15) is 116 Å². The molecule has 8 atom stereocenters. The number of nitrogen functional groups attached to an aromatic ring is 2. The SMILES string of the molecule is CC(C)CCCC(C)C1CC[C@H]2C3CC=C4C[C@@H](OC(=O)c5cc(N)cc(N)c5)CC[C@]4(C)[C@H]3CC[C@]12C. The van der Waals surface area contributed by atoms with Gasteiger partial charge in [-0.2, -0.15) is 0 Å². The lowest BCUT2D eigenvalue weighted by molar-refractivity contribution is -0.0594. The first-order valence-electron chi connectivity index (χ1n) is 15.6. The molecule has 4 heteroatoms. The summed E-state index contributed by atoms with van der Waals surface area (Å²) >= 11 is 0. The van der Waals surface area contributed by atoms with Crippen LogP contribution in [0.25, 0.3) is 0 Å². The normalized spacial score (nSPS) is 37.1. The molecule has 1 aromatic carbocycles. The fourth-order valence-electron chi connectivity index (χ4n) is 9.77. The van der Waals surface area contributed by atoms with Crippen LogP contribution in [0.2, 0.25) is 0 Å². The van der Waals surface area contributed by atoms with E-state index >= 15 is 0 Å². The highest BCUT2D eigenvalue weighted by Crippen LogP contribution is 2.67. The van der Waals surface area contributed by atoms with E-state index in [0.717, 1.165) is 54.8 Å². The predicted molar refractivity (Wildman–Crippen MR) is 158 cm³/mol. The predicted octanol–water partition coefficient (Wildman–Crippen LogP) is 8.42. The molecule has 0 saturated heterocycles. The summed E-state index contributed by atoms with van der Waals surface area (Å²) < 4.78 is 6.00. The summed E-state index contributed by atoms with van der Waals surface area (Å²) in [6.07, 6.45) is 16.5. The molecule has 3 saturated carbocycles. The number of allylic oxidation sites excluding steroid dienone is 1. The fourth-order valence-corrected chi connectivity index (χ4v) is 9.77. The van der Waals surface area contributed by atoms with E-state index in [1.165, 1.54) is 51.4 Å². The van der Waals surface area contributed by atoms with Gasteiger partial charge in [0.05, 0.1) is 5.56 Å². The quantitative estimate of drug-likeness (QED) is 0.215. The maximum atomic E-state index is 12.9. The van der Waals surface area contributed by atoms with Gasteiger partial charge in [0.15, 0.2) is 0 Å². The van der Waals surface area contributed by atoms with Gasteiger partial charge in [-0.25, -0.2) is 4.79 Å². The Kier molecular flexibility index (Phi) is 7.66. The van der Waals surface area contributed by atoms with Gasteiger partial charge in [-0.3, -0.25) is 0 Å². The van der Waals surface area contributed by atoms with E-state index in [0.29, 0.717) is 22.4 Å². The van der Waals surface area contributed by atoms with Gasteiger partial charge in [0.2, 0.25) is 0 Å². The first-order chi connectivity index (χ1) is 18.0. The first kappa shape index (κ1) is 27.6. The molecular formula is C34H52N2O2. The van der Waals surface area contributed by atoms with Crippen molar-refractivity contribution in [3.8, 4) is 0 Å². The average molecular weight is 521 g/mol. The Morgan fingerprint density at radius 3 is 2.42 bits per heavy atom. The van der Waals surface area contributed by atoms with E-state index in [2.05, 4.69) is 40.7 Å². The van der Waals surface area contributed by atoms with Crippen LogP contribution in [-0.4, -0.2) is 12.1 Å². The number of benzene rings is 1. The van der Waals surface area contributed by atoms with Crippen LogP contribution in [0.15, 0.2) is 29.8 Å². The van der Waals surface area contributed by atoms with Crippen molar-refractivity contribution in [2.75, 3.05) is 11.5 Å². The van der Waals surface area contributed by atoms with Crippen LogP contribution < -0.4 is 11.5 Å². The molecule has 0 amide bonds. The Morgan fingerprint density at radius 2 is 1.71 bits per heavy atom. The fraction of sp³-hybridized carbons (Fsp3) is 0.735. The third-order valence-electron chi connectivity index (χ3n) is 11.7. The summed E-state index contributed by atoms with van der Waals surface area (Å²) in [6, 6.07) is 4.99. The van der Waals surface area contributed by atoms with Gasteiger partial charge in [0.25, 0.3) is 0 Å². The minimum Gasteiger partial charge on any atom is -0.458 e. The highest BCUT2D eigenvalue weighted by Gasteiger charge is 2.59. The number of carbonyl (C=O) groups is 1. The van der Waals surface area contributed by atoms with E-state index in [4.69, 9.17) is 16.2 Å². The second-order valence-corrected chi connectivity index (χ2v) is 14.4. The van der Waals surface area contributed by atoms with Gasteiger partial charge in [-0.05, 0) is 109 Å². The Bertz CT molecular complexity index is 1040. The maximum Gasteiger partial charge on any atom is 0.338 e. The Labute approximate surface area is 231 Å². The van der Waals surface area contributed by atoms with Gasteiger partial charge in [-0.1, -0.05) is 65.5 Å². The molecular weight excluding hydrogens is 468 g/mol. The molecule has 38 heavy (non-hydrogen) atoms. The molecule has 210 valence electrons. The highest BCUT2D eigenvalue weighted by atomic mass is 16.5. The van der Waals surface area contributed by atoms with Crippen LogP contribution in [0, 0.1) is 46.3 Å². The smallest absolute Gasteiger partial charge is 0.338 e. The van der Waals surface area contributed by atoms with Crippen LogP contribution in [0.5, 0.6) is 0 Å². The van der Waals surface area contributed by atoms with Crippen molar-refractivity contribution in [3.05, 3.63) is 35.4 Å². The second-order valence-electron chi connectivity index (χ2n) is 14.4. The highest BCUT2D eigenvalue weighted by molar-refractivity contribution is 5.91. The molecule has 1 aromatic rings. The molecule has 0 spiro atoms. The maximum absolute atomic E-state index is 12.9. The lowest BCUT2D eigenvalue weighted by Crippen LogP contribution is -2.51. The van der Waals surface area contributed by atoms with Crippen molar-refractivity contribution in [1.82, 2.24) is 0 Å². The van der Waals surface area contributed by atoms with E-state index in [9.17, 15) is 4.79 Å². The molecule has 0 bridgehead atoms. The summed E-state index contributed by atoms with van der Waals surface area (Å²) in [5, 5.41) is 0. The first-order valence-corrected chi connectivity index (χ1v) is 15.6. The Balaban J connectivity index is 1.25. The number of carbonyl (C=O) groups excluding carboxylic acids is 1. The number of esters is 1. The number of ether oxygens (including phenoxy) is 1. The van der Waals surface area contributed by atoms with E-state index in [1.54, 1.807) is 23.8 Å². The van der Waals surface area contributed by atoms with Crippen LogP contribution in [0.3, 0.4) is 0 Å². The molecule has 0 aliphatic heterocycles. The van der Waals surface area contributed by atoms with Crippen molar-refractivity contribution < 1.29 is 9.53 Å². The van der Waals surface area contributed by atoms with Gasteiger partial charge in [0.1, 0.15) is 6.10 Å². The monoisotopic (exact) mass is 520 g/mol. The number of nitrogens with two attached hydrogens (primary N) is 2. The second kappa shape index (κ2) is 10.5. The van der Waals surface area contributed by atoms with Crippen molar-refractivity contribution >= 4 is 17.3 Å². The summed E-state index contributed by atoms with van der Waals surface area (Å²) in [7, 11) is 0. The number of hydrogen-bond acceptors (Lipinski definition) is 4. The Morgan fingerprint density at radius 1 is 0.974 bits per heavy atom. The average Bonchev–Trinajstić information content (AvgIpc) is 3.20. The molecule has 0 radical (unpaired) electrons. The molecule has 3 unspecified atom stereocenters. The zero-order chi connectivity index (χ0) is 27.2. The largest absolute Gasteiger partial charge is 0.458 e. The summed E-state index contributed by atoms with van der Waals surface area (Å²) in [4.78, 5) is 12.9. The topological polar surface area (TPSA) is 78.3 Å². The molecule has 5 rings (SSSR count). The summed E-state index contributed by atoms with van der Waals surface area (Å²) in [5.74, 6) is 4.74. The standard InChI is InChI=1S/C34H52N2O2/c1-21(2)7-6-8-22(3)29-11-12-30-28-10-9-24-19-27(38-32(37)23-17-25(35)20-26(36)18-23)13-15-33(24,4)31(28)14-16-34(29,30)5/h9,17-18,20-22,27-31H,6-8,10-16,19,35-36H2,1-5H3/t22?,27-,28?,29?,30-,31-,33-,34+/m0/s1. The molecule has 4 N–H and O–H groups in total. The zero-order valence-electron chi connectivity index (χ0n) is 24.6. The zero-order valence-corrected chi connectivity index (χ0v) is 24.6. The van der Waals surface area contributed by atoms with Gasteiger partial charge >= 0.3 is 5.97 Å². The molecule has 4 nitrogen and oxygen atoms in total. The molecule has 3 fully saturated rings. The van der Waals surface area contributed by atoms with Crippen LogP contribution in [-0.2, 0) is 4.74 Å². The lowest BCUT2D eigenvalue weighted by Gasteiger charge is -2.58. The van der Waals surface area contributed by atoms with E-state index in [1.807, 2.05) is 0 Å². The van der Waals surface area contributed by atoms with Crippen molar-refractivity contribution in [2.45, 2.75) is 111 Å². The lowest BCUT2D eigenvalue weighted by atomic mass is 9.47. The van der Waals surface area contributed by atoms with Crippen molar-refractivity contribution in [1.29, 1.82) is 0 Å². The molecule has 0 aromatic heterocycles. The Hall–Kier alpha value is -1.97. The number of rotatable bonds is 7. The van der Waals surface area contributed by atoms with Gasteiger partial charge in [0, 0.05) is 17.8 Å². The van der Waals surface area contributed by atoms with Crippen LogP contribution in [0.4, 0.5) is 11.4 Å².